The molecule has 0 radical (unpaired) electrons. The molecular formula is C15H10N2O5. The number of non-ortho nitro benzene ring substituents is 1. The number of rotatable bonds is 4. The fraction of sp³-hybridized carbons (Fsp3) is 0.0667. The van der Waals surface area contributed by atoms with Crippen LogP contribution in [0.3, 0.4) is 0 Å². The first-order valence-corrected chi connectivity index (χ1v) is 6.42. The third-order valence-electron chi connectivity index (χ3n) is 3.24. The average molecular weight is 298 g/mol. The zero-order valence-electron chi connectivity index (χ0n) is 11.3. The van der Waals surface area contributed by atoms with Gasteiger partial charge in [-0.3, -0.25) is 24.5 Å². The monoisotopic (exact) mass is 298 g/mol. The van der Waals surface area contributed by atoms with Gasteiger partial charge in [-0.1, -0.05) is 24.3 Å². The summed E-state index contributed by atoms with van der Waals surface area (Å²) in [5.74, 6) is -1.07. The molecule has 0 fully saturated rings. The average Bonchev–Trinajstić information content (AvgIpc) is 2.78. The van der Waals surface area contributed by atoms with E-state index < -0.39 is 16.7 Å². The van der Waals surface area contributed by atoms with Crippen molar-refractivity contribution in [2.45, 2.75) is 6.61 Å². The number of nitro benzene ring substituents is 1. The van der Waals surface area contributed by atoms with Gasteiger partial charge in [0.1, 0.15) is 6.61 Å². The third kappa shape index (κ3) is 2.33. The lowest BCUT2D eigenvalue weighted by Gasteiger charge is -2.13. The van der Waals surface area contributed by atoms with E-state index in [1.807, 2.05) is 0 Å². The zero-order valence-corrected chi connectivity index (χ0v) is 11.3. The predicted molar refractivity (Wildman–Crippen MR) is 74.8 cm³/mol. The number of fused-ring (bicyclic) bond motifs is 1. The Morgan fingerprint density at radius 1 is 1.00 bits per heavy atom. The van der Waals surface area contributed by atoms with Crippen LogP contribution in [-0.4, -0.2) is 21.8 Å². The van der Waals surface area contributed by atoms with Crippen molar-refractivity contribution >= 4 is 17.5 Å². The number of amides is 2. The predicted octanol–water partition coefficient (Wildman–Crippen LogP) is 2.32. The molecule has 1 aliphatic rings. The van der Waals surface area contributed by atoms with Gasteiger partial charge in [0.25, 0.3) is 17.5 Å². The van der Waals surface area contributed by atoms with Gasteiger partial charge in [-0.25, -0.2) is 0 Å². The van der Waals surface area contributed by atoms with E-state index in [0.717, 1.165) is 0 Å². The molecule has 2 aromatic carbocycles. The molecule has 3 rings (SSSR count). The summed E-state index contributed by atoms with van der Waals surface area (Å²) in [5, 5.41) is 11.4. The lowest BCUT2D eigenvalue weighted by molar-refractivity contribution is -0.385. The minimum Gasteiger partial charge on any atom is -0.266 e. The summed E-state index contributed by atoms with van der Waals surface area (Å²) in [4.78, 5) is 39.6. The highest BCUT2D eigenvalue weighted by Crippen LogP contribution is 2.23. The number of nitro groups is 1. The van der Waals surface area contributed by atoms with E-state index in [-0.39, 0.29) is 23.4 Å². The van der Waals surface area contributed by atoms with E-state index >= 15 is 0 Å². The largest absolute Gasteiger partial charge is 0.285 e. The topological polar surface area (TPSA) is 89.8 Å². The van der Waals surface area contributed by atoms with Crippen LogP contribution in [0.1, 0.15) is 26.3 Å². The molecule has 0 saturated carbocycles. The van der Waals surface area contributed by atoms with Crippen molar-refractivity contribution in [1.29, 1.82) is 0 Å². The fourth-order valence-electron chi connectivity index (χ4n) is 2.18. The van der Waals surface area contributed by atoms with E-state index in [1.165, 1.54) is 18.2 Å². The Hall–Kier alpha value is -3.06. The number of carbonyl (C=O) groups excluding carboxylic acids is 2. The molecule has 0 bridgehead atoms. The lowest BCUT2D eigenvalue weighted by atomic mass is 10.1. The lowest BCUT2D eigenvalue weighted by Crippen LogP contribution is -2.29. The molecule has 0 N–H and O–H groups in total. The molecule has 2 aromatic rings. The number of imide groups is 1. The summed E-state index contributed by atoms with van der Waals surface area (Å²) in [7, 11) is 0. The minimum absolute atomic E-state index is 0.0801. The van der Waals surface area contributed by atoms with E-state index in [9.17, 15) is 19.7 Å². The third-order valence-corrected chi connectivity index (χ3v) is 3.24. The summed E-state index contributed by atoms with van der Waals surface area (Å²) < 4.78 is 0. The molecular weight excluding hydrogens is 288 g/mol. The molecule has 7 heteroatoms. The van der Waals surface area contributed by atoms with Crippen molar-refractivity contribution < 1.29 is 19.3 Å². The van der Waals surface area contributed by atoms with Crippen LogP contribution in [0.15, 0.2) is 48.5 Å². The molecule has 0 aliphatic carbocycles. The Balaban J connectivity index is 1.76. The van der Waals surface area contributed by atoms with Crippen molar-refractivity contribution in [3.05, 3.63) is 75.3 Å². The first-order chi connectivity index (χ1) is 10.6. The molecule has 0 saturated heterocycles. The summed E-state index contributed by atoms with van der Waals surface area (Å²) >= 11 is 0. The van der Waals surface area contributed by atoms with Gasteiger partial charge in [0.15, 0.2) is 0 Å². The molecule has 2 amide bonds. The normalized spacial score (nSPS) is 13.4. The summed E-state index contributed by atoms with van der Waals surface area (Å²) in [5.41, 5.74) is 0.979. The number of nitrogens with zero attached hydrogens (tertiary/aromatic N) is 2. The van der Waals surface area contributed by atoms with Crippen LogP contribution in [0.25, 0.3) is 0 Å². The van der Waals surface area contributed by atoms with Crippen molar-refractivity contribution in [3.8, 4) is 0 Å². The van der Waals surface area contributed by atoms with E-state index in [4.69, 9.17) is 4.84 Å². The SMILES string of the molecule is O=C1c2ccccc2C(=O)N1OCc1cccc([N+](=O)[O-])c1. The van der Waals surface area contributed by atoms with Gasteiger partial charge in [0.2, 0.25) is 0 Å². The summed E-state index contributed by atoms with van der Waals surface area (Å²) in [6.45, 7) is -0.118. The molecule has 110 valence electrons. The van der Waals surface area contributed by atoms with Gasteiger partial charge in [-0.05, 0) is 17.7 Å². The maximum absolute atomic E-state index is 12.1. The fourth-order valence-corrected chi connectivity index (χ4v) is 2.18. The van der Waals surface area contributed by atoms with Gasteiger partial charge in [-0.15, -0.1) is 5.06 Å². The smallest absolute Gasteiger partial charge is 0.266 e. The number of carbonyl (C=O) groups is 2. The van der Waals surface area contributed by atoms with Gasteiger partial charge in [-0.2, -0.15) is 0 Å². The number of benzene rings is 2. The number of hydrogen-bond acceptors (Lipinski definition) is 5. The van der Waals surface area contributed by atoms with Crippen molar-refractivity contribution in [2.24, 2.45) is 0 Å². The summed E-state index contributed by atoms with van der Waals surface area (Å²) in [6, 6.07) is 12.2. The molecule has 7 nitrogen and oxygen atoms in total. The second-order valence-corrected chi connectivity index (χ2v) is 4.65. The second-order valence-electron chi connectivity index (χ2n) is 4.65. The number of hydrogen-bond donors (Lipinski definition) is 0. The van der Waals surface area contributed by atoms with Gasteiger partial charge in [0, 0.05) is 12.1 Å². The Labute approximate surface area is 124 Å². The van der Waals surface area contributed by atoms with Crippen molar-refractivity contribution in [3.63, 3.8) is 0 Å². The van der Waals surface area contributed by atoms with Crippen LogP contribution in [0.4, 0.5) is 5.69 Å². The maximum Gasteiger partial charge on any atom is 0.285 e. The Morgan fingerprint density at radius 2 is 1.64 bits per heavy atom. The minimum atomic E-state index is -0.536. The van der Waals surface area contributed by atoms with Gasteiger partial charge >= 0.3 is 0 Å². The molecule has 1 heterocycles. The highest BCUT2D eigenvalue weighted by atomic mass is 16.7. The van der Waals surface area contributed by atoms with E-state index in [1.54, 1.807) is 30.3 Å². The first kappa shape index (κ1) is 13.9. The maximum atomic E-state index is 12.1. The standard InChI is InChI=1S/C15H10N2O5/c18-14-12-6-1-2-7-13(12)15(19)16(14)22-9-10-4-3-5-11(8-10)17(20)21/h1-8H,9H2. The molecule has 0 atom stereocenters. The second kappa shape index (κ2) is 5.38. The molecule has 0 aromatic heterocycles. The van der Waals surface area contributed by atoms with Crippen LogP contribution in [0.2, 0.25) is 0 Å². The van der Waals surface area contributed by atoms with Crippen LogP contribution in [0.5, 0.6) is 0 Å². The van der Waals surface area contributed by atoms with Crippen molar-refractivity contribution in [1.82, 2.24) is 5.06 Å². The van der Waals surface area contributed by atoms with E-state index in [2.05, 4.69) is 0 Å². The molecule has 1 aliphatic heterocycles. The Kier molecular flexibility index (Phi) is 3.40. The van der Waals surface area contributed by atoms with Gasteiger partial charge < -0.3 is 0 Å². The van der Waals surface area contributed by atoms with Gasteiger partial charge in [0.05, 0.1) is 16.1 Å². The molecule has 0 spiro atoms. The van der Waals surface area contributed by atoms with Crippen LogP contribution in [0, 0.1) is 10.1 Å². The van der Waals surface area contributed by atoms with E-state index in [0.29, 0.717) is 10.6 Å². The quantitative estimate of drug-likeness (QED) is 0.491. The Morgan fingerprint density at radius 3 is 2.23 bits per heavy atom. The number of hydroxylamine groups is 2. The van der Waals surface area contributed by atoms with Crippen LogP contribution < -0.4 is 0 Å². The van der Waals surface area contributed by atoms with Crippen LogP contribution >= 0.6 is 0 Å². The highest BCUT2D eigenvalue weighted by molar-refractivity contribution is 6.20. The zero-order chi connectivity index (χ0) is 15.7. The van der Waals surface area contributed by atoms with Crippen LogP contribution in [-0.2, 0) is 11.4 Å². The Bertz CT molecular complexity index is 752. The molecule has 0 unspecified atom stereocenters. The first-order valence-electron chi connectivity index (χ1n) is 6.42. The highest BCUT2D eigenvalue weighted by Gasteiger charge is 2.36. The molecule has 22 heavy (non-hydrogen) atoms. The van der Waals surface area contributed by atoms with Crippen molar-refractivity contribution in [2.75, 3.05) is 0 Å². The summed E-state index contributed by atoms with van der Waals surface area (Å²) in [6.07, 6.45) is 0.